The Balaban J connectivity index is 1.90. The molecule has 0 spiro atoms. The minimum atomic E-state index is -0.254. The van der Waals surface area contributed by atoms with Gasteiger partial charge in [-0.1, -0.05) is 49.4 Å². The number of hydrogen-bond donors (Lipinski definition) is 0. The van der Waals surface area contributed by atoms with Gasteiger partial charge in [-0.15, -0.1) is 0 Å². The third kappa shape index (κ3) is 3.59. The third-order valence-corrected chi connectivity index (χ3v) is 3.94. The molecule has 0 N–H and O–H groups in total. The molecule has 4 nitrogen and oxygen atoms in total. The van der Waals surface area contributed by atoms with Crippen LogP contribution in [-0.4, -0.2) is 15.5 Å². The average molecular weight is 308 g/mol. The summed E-state index contributed by atoms with van der Waals surface area (Å²) in [5.74, 6) is -0.173. The molecule has 0 aliphatic carbocycles. The van der Waals surface area contributed by atoms with E-state index in [1.165, 1.54) is 0 Å². The van der Waals surface area contributed by atoms with Gasteiger partial charge in [0.05, 0.1) is 6.33 Å². The topological polar surface area (TPSA) is 44.1 Å². The van der Waals surface area contributed by atoms with Gasteiger partial charge in [0, 0.05) is 37.3 Å². The Labute approximate surface area is 135 Å². The molecule has 1 heterocycles. The molecular formula is C19H20N2O2. The monoisotopic (exact) mass is 308 g/mol. The summed E-state index contributed by atoms with van der Waals surface area (Å²) in [6, 6.07) is 14.3. The van der Waals surface area contributed by atoms with Gasteiger partial charge in [0.15, 0.2) is 0 Å². The SMILES string of the molecule is CCC(=O)OC(CCn1ccnc1)c1cccc2ccccc12. The molecular weight excluding hydrogens is 288 g/mol. The van der Waals surface area contributed by atoms with Crippen molar-refractivity contribution < 1.29 is 9.53 Å². The highest BCUT2D eigenvalue weighted by molar-refractivity contribution is 5.86. The first-order valence-corrected chi connectivity index (χ1v) is 7.91. The molecule has 1 aromatic heterocycles. The minimum Gasteiger partial charge on any atom is -0.457 e. The molecule has 1 unspecified atom stereocenters. The fourth-order valence-electron chi connectivity index (χ4n) is 2.74. The van der Waals surface area contributed by atoms with E-state index in [0.29, 0.717) is 6.42 Å². The van der Waals surface area contributed by atoms with E-state index in [1.54, 1.807) is 12.5 Å². The third-order valence-electron chi connectivity index (χ3n) is 3.94. The van der Waals surface area contributed by atoms with E-state index in [9.17, 15) is 4.79 Å². The smallest absolute Gasteiger partial charge is 0.306 e. The molecule has 0 fully saturated rings. The van der Waals surface area contributed by atoms with Gasteiger partial charge >= 0.3 is 5.97 Å². The second-order valence-corrected chi connectivity index (χ2v) is 5.49. The Hall–Kier alpha value is -2.62. The van der Waals surface area contributed by atoms with E-state index in [-0.39, 0.29) is 12.1 Å². The van der Waals surface area contributed by atoms with Crippen LogP contribution in [0.15, 0.2) is 61.2 Å². The van der Waals surface area contributed by atoms with Crippen molar-refractivity contribution in [1.82, 2.24) is 9.55 Å². The van der Waals surface area contributed by atoms with E-state index in [1.807, 2.05) is 42.0 Å². The predicted molar refractivity (Wildman–Crippen MR) is 89.9 cm³/mol. The molecule has 0 radical (unpaired) electrons. The summed E-state index contributed by atoms with van der Waals surface area (Å²) in [6.07, 6.45) is 6.30. The number of carbonyl (C=O) groups is 1. The number of esters is 1. The number of imidazole rings is 1. The number of aromatic nitrogens is 2. The Morgan fingerprint density at radius 3 is 2.83 bits per heavy atom. The molecule has 0 saturated carbocycles. The number of hydrogen-bond acceptors (Lipinski definition) is 3. The summed E-state index contributed by atoms with van der Waals surface area (Å²) in [5.41, 5.74) is 1.06. The van der Waals surface area contributed by atoms with Crippen molar-refractivity contribution in [2.75, 3.05) is 0 Å². The summed E-state index contributed by atoms with van der Waals surface area (Å²) in [6.45, 7) is 2.57. The lowest BCUT2D eigenvalue weighted by Crippen LogP contribution is -2.13. The fraction of sp³-hybridized carbons (Fsp3) is 0.263. The van der Waals surface area contributed by atoms with Gasteiger partial charge in [-0.25, -0.2) is 4.98 Å². The van der Waals surface area contributed by atoms with Crippen molar-refractivity contribution >= 4 is 16.7 Å². The minimum absolute atomic E-state index is 0.173. The van der Waals surface area contributed by atoms with E-state index in [4.69, 9.17) is 4.74 Å². The van der Waals surface area contributed by atoms with Gasteiger partial charge < -0.3 is 9.30 Å². The van der Waals surface area contributed by atoms with Crippen LogP contribution in [0.25, 0.3) is 10.8 Å². The van der Waals surface area contributed by atoms with Crippen LogP contribution in [-0.2, 0) is 16.1 Å². The lowest BCUT2D eigenvalue weighted by atomic mass is 9.98. The molecule has 0 aliphatic heterocycles. The normalized spacial score (nSPS) is 12.2. The van der Waals surface area contributed by atoms with Gasteiger partial charge in [-0.2, -0.15) is 0 Å². The number of aryl methyl sites for hydroxylation is 1. The van der Waals surface area contributed by atoms with Crippen LogP contribution < -0.4 is 0 Å². The fourth-order valence-corrected chi connectivity index (χ4v) is 2.74. The summed E-state index contributed by atoms with van der Waals surface area (Å²) in [5, 5.41) is 2.29. The number of carbonyl (C=O) groups excluding carboxylic acids is 1. The molecule has 4 heteroatoms. The maximum Gasteiger partial charge on any atom is 0.306 e. The first-order valence-electron chi connectivity index (χ1n) is 7.91. The Bertz CT molecular complexity index is 776. The average Bonchev–Trinajstić information content (AvgIpc) is 3.11. The number of rotatable bonds is 6. The molecule has 1 atom stereocenters. The van der Waals surface area contributed by atoms with Crippen LogP contribution in [0.1, 0.15) is 31.4 Å². The van der Waals surface area contributed by atoms with Crippen LogP contribution in [0.3, 0.4) is 0 Å². The standard InChI is InChI=1S/C19H20N2O2/c1-2-19(22)23-18(10-12-21-13-11-20-14-21)17-9-5-7-15-6-3-4-8-16(15)17/h3-9,11,13-14,18H,2,10,12H2,1H3. The summed E-state index contributed by atoms with van der Waals surface area (Å²) in [7, 11) is 0. The van der Waals surface area contributed by atoms with E-state index >= 15 is 0 Å². The van der Waals surface area contributed by atoms with Gasteiger partial charge in [0.2, 0.25) is 0 Å². The molecule has 3 rings (SSSR count). The second-order valence-electron chi connectivity index (χ2n) is 5.49. The number of benzene rings is 2. The molecule has 23 heavy (non-hydrogen) atoms. The predicted octanol–water partition coefficient (Wildman–Crippen LogP) is 4.12. The van der Waals surface area contributed by atoms with Crippen LogP contribution in [0.5, 0.6) is 0 Å². The largest absolute Gasteiger partial charge is 0.457 e. The quantitative estimate of drug-likeness (QED) is 0.643. The van der Waals surface area contributed by atoms with E-state index in [0.717, 1.165) is 29.3 Å². The van der Waals surface area contributed by atoms with Gasteiger partial charge in [-0.05, 0) is 10.8 Å². The Kier molecular flexibility index (Phi) is 4.71. The summed E-state index contributed by atoms with van der Waals surface area (Å²) in [4.78, 5) is 15.9. The van der Waals surface area contributed by atoms with E-state index < -0.39 is 0 Å². The Morgan fingerprint density at radius 2 is 2.04 bits per heavy atom. The van der Waals surface area contributed by atoms with Crippen LogP contribution in [0.4, 0.5) is 0 Å². The molecule has 118 valence electrons. The lowest BCUT2D eigenvalue weighted by Gasteiger charge is -2.20. The first kappa shape index (κ1) is 15.3. The number of ether oxygens (including phenoxy) is 1. The summed E-state index contributed by atoms with van der Waals surface area (Å²) < 4.78 is 7.72. The van der Waals surface area contributed by atoms with Gasteiger partial charge in [-0.3, -0.25) is 4.79 Å². The van der Waals surface area contributed by atoms with Crippen molar-refractivity contribution in [2.24, 2.45) is 0 Å². The van der Waals surface area contributed by atoms with Crippen molar-refractivity contribution in [1.29, 1.82) is 0 Å². The van der Waals surface area contributed by atoms with Crippen molar-refractivity contribution in [3.8, 4) is 0 Å². The molecule has 0 saturated heterocycles. The molecule has 0 amide bonds. The molecule has 0 aliphatic rings. The molecule has 3 aromatic rings. The highest BCUT2D eigenvalue weighted by atomic mass is 16.5. The highest BCUT2D eigenvalue weighted by Gasteiger charge is 2.18. The molecule has 2 aromatic carbocycles. The van der Waals surface area contributed by atoms with Crippen LogP contribution in [0.2, 0.25) is 0 Å². The maximum atomic E-state index is 11.9. The molecule has 0 bridgehead atoms. The zero-order chi connectivity index (χ0) is 16.1. The van der Waals surface area contributed by atoms with Gasteiger partial charge in [0.25, 0.3) is 0 Å². The van der Waals surface area contributed by atoms with Crippen LogP contribution >= 0.6 is 0 Å². The Morgan fingerprint density at radius 1 is 1.22 bits per heavy atom. The van der Waals surface area contributed by atoms with Crippen molar-refractivity contribution in [2.45, 2.75) is 32.4 Å². The first-order chi connectivity index (χ1) is 11.3. The lowest BCUT2D eigenvalue weighted by molar-refractivity contribution is -0.149. The summed E-state index contributed by atoms with van der Waals surface area (Å²) >= 11 is 0. The van der Waals surface area contributed by atoms with Crippen LogP contribution in [0, 0.1) is 0 Å². The van der Waals surface area contributed by atoms with Crippen molar-refractivity contribution in [3.05, 3.63) is 66.7 Å². The highest BCUT2D eigenvalue weighted by Crippen LogP contribution is 2.29. The van der Waals surface area contributed by atoms with Crippen molar-refractivity contribution in [3.63, 3.8) is 0 Å². The zero-order valence-corrected chi connectivity index (χ0v) is 13.2. The van der Waals surface area contributed by atoms with E-state index in [2.05, 4.69) is 23.2 Å². The maximum absolute atomic E-state index is 11.9. The van der Waals surface area contributed by atoms with Gasteiger partial charge in [0.1, 0.15) is 6.10 Å². The number of nitrogens with zero attached hydrogens (tertiary/aromatic N) is 2. The zero-order valence-electron chi connectivity index (χ0n) is 13.2. The second kappa shape index (κ2) is 7.09. The number of fused-ring (bicyclic) bond motifs is 1.